The van der Waals surface area contributed by atoms with Crippen molar-refractivity contribution in [3.8, 4) is 5.75 Å². The monoisotopic (exact) mass is 399 g/mol. The first-order valence-electron chi connectivity index (χ1n) is 10.2. The number of rotatable bonds is 10. The Morgan fingerprint density at radius 2 is 1.69 bits per heavy atom. The molecule has 29 heavy (non-hydrogen) atoms. The largest absolute Gasteiger partial charge is 0.507 e. The summed E-state index contributed by atoms with van der Waals surface area (Å²) >= 11 is 0. The summed E-state index contributed by atoms with van der Waals surface area (Å²) in [7, 11) is 0. The fourth-order valence-electron chi connectivity index (χ4n) is 3.49. The Bertz CT molecular complexity index is 802. The minimum atomic E-state index is -0.583. The number of benzene rings is 2. The zero-order chi connectivity index (χ0) is 20.5. The molecule has 0 saturated heterocycles. The lowest BCUT2D eigenvalue weighted by atomic mass is 9.82. The number of aromatic hydroxyl groups is 1. The number of hydrogen-bond donors (Lipinski definition) is 2. The van der Waals surface area contributed by atoms with Gasteiger partial charge in [0.25, 0.3) is 0 Å². The van der Waals surface area contributed by atoms with Crippen LogP contribution in [0.25, 0.3) is 0 Å². The molecule has 1 unspecified atom stereocenters. The summed E-state index contributed by atoms with van der Waals surface area (Å²) < 4.78 is 5.20. The molecule has 0 amide bonds. The number of unbranched alkanes of at least 4 members (excludes halogenated alkanes) is 2. The van der Waals surface area contributed by atoms with Gasteiger partial charge >= 0.3 is 5.97 Å². The number of phenolic OH excluding ortho intramolecular Hbond substituents is 1. The third kappa shape index (κ3) is 5.91. The summed E-state index contributed by atoms with van der Waals surface area (Å²) in [6.45, 7) is 6.02. The number of phenols is 1. The summed E-state index contributed by atoms with van der Waals surface area (Å²) in [5.41, 5.74) is 1.99. The van der Waals surface area contributed by atoms with Crippen molar-refractivity contribution in [1.29, 1.82) is 0 Å². The molecule has 0 radical (unpaired) electrons. The van der Waals surface area contributed by atoms with Gasteiger partial charge in [0.1, 0.15) is 5.75 Å². The molecule has 2 aromatic rings. The zero-order valence-electron chi connectivity index (χ0n) is 17.7. The predicted octanol–water partition coefficient (Wildman–Crippen LogP) is 5.84. The van der Waals surface area contributed by atoms with E-state index in [4.69, 9.17) is 4.74 Å². The number of esters is 1. The summed E-state index contributed by atoms with van der Waals surface area (Å²) in [4.78, 5) is 25.9. The summed E-state index contributed by atoms with van der Waals surface area (Å²) in [6.07, 6.45) is 4.05. The van der Waals surface area contributed by atoms with Gasteiger partial charge in [0.15, 0.2) is 5.78 Å². The molecule has 0 saturated carbocycles. The normalized spacial score (nSPS) is 11.4. The third-order valence-corrected chi connectivity index (χ3v) is 5.00. The van der Waals surface area contributed by atoms with Gasteiger partial charge in [-0.3, -0.25) is 4.79 Å². The molecule has 0 aliphatic rings. The van der Waals surface area contributed by atoms with E-state index in [1.807, 2.05) is 25.1 Å². The number of ketones is 1. The van der Waals surface area contributed by atoms with Gasteiger partial charge in [-0.15, -0.1) is 0 Å². The fourth-order valence-corrected chi connectivity index (χ4v) is 3.49. The van der Waals surface area contributed by atoms with Crippen LogP contribution in [0.4, 0.5) is 0 Å². The van der Waals surface area contributed by atoms with Crippen LogP contribution in [0, 0.1) is 0 Å². The Kier molecular flexibility index (Phi) is 10.1. The van der Waals surface area contributed by atoms with E-state index >= 15 is 0 Å². The quantitative estimate of drug-likeness (QED) is 0.297. The van der Waals surface area contributed by atoms with Crippen molar-refractivity contribution in [2.45, 2.75) is 58.8 Å². The average molecular weight is 400 g/mol. The van der Waals surface area contributed by atoms with Crippen LogP contribution in [0.5, 0.6) is 5.75 Å². The first kappa shape index (κ1) is 24.4. The lowest BCUT2D eigenvalue weighted by molar-refractivity contribution is 0.0524. The Hall–Kier alpha value is -2.66. The average Bonchev–Trinajstić information content (AvgIpc) is 2.72. The van der Waals surface area contributed by atoms with Gasteiger partial charge in [-0.1, -0.05) is 69.5 Å². The SMILES string of the molecule is CCCCCC(C(=O)c1ccccc1)c1c(C(=O)OCC)ccc(CC)c1O.N. The second kappa shape index (κ2) is 12.0. The van der Waals surface area contributed by atoms with Crippen molar-refractivity contribution in [2.24, 2.45) is 0 Å². The molecule has 2 aromatic carbocycles. The van der Waals surface area contributed by atoms with E-state index in [0.717, 1.165) is 24.8 Å². The van der Waals surface area contributed by atoms with E-state index in [1.54, 1.807) is 31.2 Å². The fraction of sp³-hybridized carbons (Fsp3) is 0.417. The number of hydrogen-bond acceptors (Lipinski definition) is 5. The summed E-state index contributed by atoms with van der Waals surface area (Å²) in [5, 5.41) is 10.9. The van der Waals surface area contributed by atoms with E-state index in [9.17, 15) is 14.7 Å². The molecular weight excluding hydrogens is 366 g/mol. The van der Waals surface area contributed by atoms with Crippen LogP contribution in [-0.4, -0.2) is 23.5 Å². The highest BCUT2D eigenvalue weighted by Crippen LogP contribution is 2.38. The van der Waals surface area contributed by atoms with Crippen LogP contribution in [0.1, 0.15) is 84.2 Å². The molecule has 1 atom stereocenters. The molecule has 0 spiro atoms. The van der Waals surface area contributed by atoms with Gasteiger partial charge in [-0.25, -0.2) is 4.79 Å². The van der Waals surface area contributed by atoms with Crippen LogP contribution >= 0.6 is 0 Å². The zero-order valence-corrected chi connectivity index (χ0v) is 17.7. The van der Waals surface area contributed by atoms with Gasteiger partial charge in [0.05, 0.1) is 18.1 Å². The molecule has 0 bridgehead atoms. The van der Waals surface area contributed by atoms with Crippen molar-refractivity contribution >= 4 is 11.8 Å². The standard InChI is InChI=1S/C24H30O4.H3N/c1-4-7-9-14-19(22(25)18-12-10-8-11-13-18)21-20(24(27)28-6-3)16-15-17(5-2)23(21)26;/h8,10-13,15-16,19,26H,4-7,9,14H2,1-3H3;1H3. The van der Waals surface area contributed by atoms with Crippen molar-refractivity contribution in [3.63, 3.8) is 0 Å². The topological polar surface area (TPSA) is 98.6 Å². The second-order valence-electron chi connectivity index (χ2n) is 6.89. The van der Waals surface area contributed by atoms with Crippen LogP contribution in [0.3, 0.4) is 0 Å². The maximum Gasteiger partial charge on any atom is 0.338 e. The molecule has 0 fully saturated rings. The number of ether oxygens (including phenoxy) is 1. The molecule has 0 aromatic heterocycles. The van der Waals surface area contributed by atoms with Crippen molar-refractivity contribution in [3.05, 3.63) is 64.7 Å². The van der Waals surface area contributed by atoms with E-state index in [-0.39, 0.29) is 29.9 Å². The summed E-state index contributed by atoms with van der Waals surface area (Å²) in [6, 6.07) is 12.5. The Morgan fingerprint density at radius 3 is 2.28 bits per heavy atom. The van der Waals surface area contributed by atoms with Crippen molar-refractivity contribution in [1.82, 2.24) is 6.15 Å². The minimum absolute atomic E-state index is 0. The molecular formula is C24H33NO4. The van der Waals surface area contributed by atoms with E-state index in [0.29, 0.717) is 24.0 Å². The first-order chi connectivity index (χ1) is 13.5. The van der Waals surface area contributed by atoms with Gasteiger partial charge in [0, 0.05) is 11.1 Å². The van der Waals surface area contributed by atoms with Crippen LogP contribution in [-0.2, 0) is 11.2 Å². The highest BCUT2D eigenvalue weighted by molar-refractivity contribution is 6.04. The number of carbonyl (C=O) groups is 2. The summed E-state index contributed by atoms with van der Waals surface area (Å²) in [5.74, 6) is -1.12. The predicted molar refractivity (Wildman–Crippen MR) is 116 cm³/mol. The number of carbonyl (C=O) groups excluding carboxylic acids is 2. The first-order valence-corrected chi connectivity index (χ1v) is 10.2. The van der Waals surface area contributed by atoms with Crippen molar-refractivity contribution < 1.29 is 19.4 Å². The lowest BCUT2D eigenvalue weighted by Crippen LogP contribution is -2.19. The second-order valence-corrected chi connectivity index (χ2v) is 6.89. The van der Waals surface area contributed by atoms with Crippen molar-refractivity contribution in [2.75, 3.05) is 6.61 Å². The molecule has 0 aliphatic heterocycles. The Morgan fingerprint density at radius 1 is 1.00 bits per heavy atom. The molecule has 5 heteroatoms. The van der Waals surface area contributed by atoms with Crippen LogP contribution in [0.2, 0.25) is 0 Å². The highest BCUT2D eigenvalue weighted by atomic mass is 16.5. The number of Topliss-reactive ketones (excluding diaryl/α,β-unsaturated/α-hetero) is 1. The molecule has 5 nitrogen and oxygen atoms in total. The lowest BCUT2D eigenvalue weighted by Gasteiger charge is -2.22. The Labute approximate surface area is 173 Å². The van der Waals surface area contributed by atoms with Crippen LogP contribution in [0.15, 0.2) is 42.5 Å². The smallest absolute Gasteiger partial charge is 0.338 e. The van der Waals surface area contributed by atoms with Gasteiger partial charge in [-0.05, 0) is 31.4 Å². The van der Waals surface area contributed by atoms with Gasteiger partial charge in [0.2, 0.25) is 0 Å². The molecule has 0 aliphatic carbocycles. The molecule has 158 valence electrons. The van der Waals surface area contributed by atoms with E-state index < -0.39 is 11.9 Å². The molecule has 4 N–H and O–H groups in total. The molecule has 0 heterocycles. The van der Waals surface area contributed by atoms with E-state index in [2.05, 4.69) is 6.92 Å². The van der Waals surface area contributed by atoms with Crippen LogP contribution < -0.4 is 6.15 Å². The maximum atomic E-state index is 13.4. The Balaban J connectivity index is 0.00000420. The highest BCUT2D eigenvalue weighted by Gasteiger charge is 2.30. The number of aryl methyl sites for hydroxylation is 1. The van der Waals surface area contributed by atoms with E-state index in [1.165, 1.54) is 0 Å². The minimum Gasteiger partial charge on any atom is -0.507 e. The van der Waals surface area contributed by atoms with Gasteiger partial charge in [-0.2, -0.15) is 0 Å². The van der Waals surface area contributed by atoms with Gasteiger partial charge < -0.3 is 16.0 Å². The maximum absolute atomic E-state index is 13.4. The molecule has 2 rings (SSSR count). The third-order valence-electron chi connectivity index (χ3n) is 5.00.